The molecule has 0 N–H and O–H groups in total. The van der Waals surface area contributed by atoms with Gasteiger partial charge in [-0.05, 0) is 55.5 Å². The van der Waals surface area contributed by atoms with Crippen LogP contribution in [0.3, 0.4) is 0 Å². The largest absolute Gasteiger partial charge is 0.487 e. The number of para-hydroxylation sites is 1. The Morgan fingerprint density at radius 3 is 2.60 bits per heavy atom. The number of hydrazone groups is 1. The average Bonchev–Trinajstić information content (AvgIpc) is 3.44. The molecule has 0 fully saturated rings. The first-order valence-electron chi connectivity index (χ1n) is 9.43. The minimum Gasteiger partial charge on any atom is -0.487 e. The van der Waals surface area contributed by atoms with E-state index in [9.17, 15) is 0 Å². The summed E-state index contributed by atoms with van der Waals surface area (Å²) in [5, 5.41) is 7.81. The number of thioether (sulfide) groups is 1. The third-order valence-corrected chi connectivity index (χ3v) is 6.00. The second-order valence-corrected chi connectivity index (χ2v) is 8.26. The van der Waals surface area contributed by atoms with Crippen molar-refractivity contribution < 1.29 is 9.15 Å². The molecule has 0 spiro atoms. The molecule has 0 amide bonds. The van der Waals surface area contributed by atoms with Gasteiger partial charge in [-0.2, -0.15) is 5.10 Å². The molecule has 0 aliphatic carbocycles. The summed E-state index contributed by atoms with van der Waals surface area (Å²) in [6.07, 6.45) is 1.63. The lowest BCUT2D eigenvalue weighted by Gasteiger charge is -2.35. The standard InChI is InChI=1S/C22H18N4O2S2/c1-15-9-11-17(12-10-15)28-14-19-24-26-21(30-19)23-20(18-8-5-13-27-18)25(22(26)29)16-6-3-2-4-7-16/h2-13,21H,14H2,1H3. The molecule has 2 aliphatic heterocycles. The normalized spacial score (nSPS) is 18.2. The van der Waals surface area contributed by atoms with Crippen molar-refractivity contribution in [3.05, 3.63) is 84.3 Å². The highest BCUT2D eigenvalue weighted by Crippen LogP contribution is 2.35. The molecule has 1 atom stereocenters. The van der Waals surface area contributed by atoms with Gasteiger partial charge in [0.1, 0.15) is 17.4 Å². The fraction of sp³-hybridized carbons (Fsp3) is 0.136. The van der Waals surface area contributed by atoms with Crippen LogP contribution in [-0.2, 0) is 0 Å². The molecule has 1 aromatic heterocycles. The first-order valence-corrected chi connectivity index (χ1v) is 10.7. The van der Waals surface area contributed by atoms with Gasteiger partial charge in [0, 0.05) is 0 Å². The molecule has 8 heteroatoms. The molecule has 1 unspecified atom stereocenters. The number of fused-ring (bicyclic) bond motifs is 1. The Balaban J connectivity index is 1.42. The number of rotatable bonds is 5. The molecule has 3 heterocycles. The summed E-state index contributed by atoms with van der Waals surface area (Å²) in [6.45, 7) is 2.41. The van der Waals surface area contributed by atoms with E-state index >= 15 is 0 Å². The van der Waals surface area contributed by atoms with Crippen LogP contribution in [0.15, 0.2) is 87.5 Å². The molecule has 2 aromatic carbocycles. The second-order valence-electron chi connectivity index (χ2n) is 6.77. The molecule has 6 nitrogen and oxygen atoms in total. The van der Waals surface area contributed by atoms with E-state index in [-0.39, 0.29) is 5.50 Å². The number of ether oxygens (including phenoxy) is 1. The third-order valence-electron chi connectivity index (χ3n) is 4.64. The maximum Gasteiger partial charge on any atom is 0.205 e. The van der Waals surface area contributed by atoms with Crippen molar-refractivity contribution in [3.8, 4) is 5.75 Å². The van der Waals surface area contributed by atoms with E-state index in [2.05, 4.69) is 5.10 Å². The van der Waals surface area contributed by atoms with Gasteiger partial charge in [-0.3, -0.25) is 4.90 Å². The summed E-state index contributed by atoms with van der Waals surface area (Å²) < 4.78 is 11.5. The fourth-order valence-corrected chi connectivity index (χ4v) is 4.47. The van der Waals surface area contributed by atoms with Crippen LogP contribution in [0.5, 0.6) is 5.75 Å². The van der Waals surface area contributed by atoms with Gasteiger partial charge in [0.25, 0.3) is 0 Å². The zero-order valence-corrected chi connectivity index (χ0v) is 17.8. The van der Waals surface area contributed by atoms with Crippen LogP contribution in [0.2, 0.25) is 0 Å². The Kier molecular flexibility index (Phi) is 5.02. The summed E-state index contributed by atoms with van der Waals surface area (Å²) in [5.74, 6) is 2.13. The summed E-state index contributed by atoms with van der Waals surface area (Å²) in [5.41, 5.74) is 1.81. The predicted molar refractivity (Wildman–Crippen MR) is 124 cm³/mol. The maximum atomic E-state index is 5.89. The zero-order valence-electron chi connectivity index (χ0n) is 16.1. The number of nitrogens with zero attached hydrogens (tertiary/aromatic N) is 4. The molecular weight excluding hydrogens is 416 g/mol. The highest BCUT2D eigenvalue weighted by Gasteiger charge is 2.40. The Hall–Kier alpha value is -3.10. The van der Waals surface area contributed by atoms with Gasteiger partial charge < -0.3 is 9.15 Å². The Labute approximate surface area is 183 Å². The lowest BCUT2D eigenvalue weighted by Crippen LogP contribution is -2.50. The number of hydrogen-bond acceptors (Lipinski definition) is 6. The lowest BCUT2D eigenvalue weighted by atomic mass is 10.2. The lowest BCUT2D eigenvalue weighted by molar-refractivity contribution is 0.374. The quantitative estimate of drug-likeness (QED) is 0.535. The molecule has 0 saturated heterocycles. The van der Waals surface area contributed by atoms with E-state index < -0.39 is 0 Å². The molecule has 150 valence electrons. The fourth-order valence-electron chi connectivity index (χ4n) is 3.17. The molecule has 3 aromatic rings. The number of anilines is 1. The van der Waals surface area contributed by atoms with Gasteiger partial charge in [-0.25, -0.2) is 10.0 Å². The van der Waals surface area contributed by atoms with E-state index in [4.69, 9.17) is 26.4 Å². The van der Waals surface area contributed by atoms with Crippen LogP contribution in [0.25, 0.3) is 0 Å². The van der Waals surface area contributed by atoms with Gasteiger partial charge in [0.05, 0.1) is 12.0 Å². The van der Waals surface area contributed by atoms with E-state index in [0.717, 1.165) is 16.5 Å². The summed E-state index contributed by atoms with van der Waals surface area (Å²) in [6, 6.07) is 21.6. The number of thiocarbonyl (C=S) groups is 1. The number of aliphatic imine (C=N–C) groups is 1. The van der Waals surface area contributed by atoms with Crippen LogP contribution in [0.4, 0.5) is 5.69 Å². The first kappa shape index (κ1) is 18.9. The molecule has 0 radical (unpaired) electrons. The van der Waals surface area contributed by atoms with Gasteiger partial charge in [-0.15, -0.1) is 0 Å². The number of aryl methyl sites for hydroxylation is 1. The SMILES string of the molecule is Cc1ccc(OCC2=NN3C(=S)N(c4ccccc4)C(c4ccco4)=NC3S2)cc1. The number of hydrogen-bond donors (Lipinski definition) is 0. The Morgan fingerprint density at radius 1 is 1.07 bits per heavy atom. The second kappa shape index (κ2) is 7.97. The van der Waals surface area contributed by atoms with E-state index in [1.807, 2.05) is 78.6 Å². The minimum absolute atomic E-state index is 0.283. The minimum atomic E-state index is -0.283. The maximum absolute atomic E-state index is 5.89. The van der Waals surface area contributed by atoms with Gasteiger partial charge in [0.15, 0.2) is 17.1 Å². The smallest absolute Gasteiger partial charge is 0.205 e. The Bertz CT molecular complexity index is 1110. The van der Waals surface area contributed by atoms with Crippen LogP contribution in [0.1, 0.15) is 11.3 Å². The summed E-state index contributed by atoms with van der Waals surface area (Å²) in [7, 11) is 0. The van der Waals surface area contributed by atoms with Crippen LogP contribution in [0, 0.1) is 6.92 Å². The molecule has 0 bridgehead atoms. The molecule has 2 aliphatic rings. The zero-order chi connectivity index (χ0) is 20.5. The number of benzene rings is 2. The summed E-state index contributed by atoms with van der Waals surface area (Å²) in [4.78, 5) is 6.78. The van der Waals surface area contributed by atoms with Crippen molar-refractivity contribution >= 4 is 45.7 Å². The van der Waals surface area contributed by atoms with Gasteiger partial charge >= 0.3 is 0 Å². The first-order chi connectivity index (χ1) is 14.7. The third kappa shape index (κ3) is 3.59. The summed E-state index contributed by atoms with van der Waals surface area (Å²) >= 11 is 7.34. The van der Waals surface area contributed by atoms with Crippen molar-refractivity contribution in [1.82, 2.24) is 5.01 Å². The molecule has 5 rings (SSSR count). The van der Waals surface area contributed by atoms with Crippen LogP contribution >= 0.6 is 24.0 Å². The average molecular weight is 435 g/mol. The van der Waals surface area contributed by atoms with E-state index in [0.29, 0.717) is 23.3 Å². The molecular formula is C22H18N4O2S2. The van der Waals surface area contributed by atoms with Crippen molar-refractivity contribution in [2.75, 3.05) is 11.5 Å². The topological polar surface area (TPSA) is 53.6 Å². The molecule has 30 heavy (non-hydrogen) atoms. The molecule has 0 saturated carbocycles. The monoisotopic (exact) mass is 434 g/mol. The van der Waals surface area contributed by atoms with Crippen molar-refractivity contribution in [2.24, 2.45) is 10.1 Å². The van der Waals surface area contributed by atoms with Gasteiger partial charge in [0.2, 0.25) is 5.11 Å². The van der Waals surface area contributed by atoms with Crippen molar-refractivity contribution in [3.63, 3.8) is 0 Å². The Morgan fingerprint density at radius 2 is 1.87 bits per heavy atom. The van der Waals surface area contributed by atoms with E-state index in [1.54, 1.807) is 11.3 Å². The highest BCUT2D eigenvalue weighted by atomic mass is 32.2. The van der Waals surface area contributed by atoms with Crippen LogP contribution in [-0.4, -0.2) is 33.1 Å². The van der Waals surface area contributed by atoms with Crippen LogP contribution < -0.4 is 9.64 Å². The highest BCUT2D eigenvalue weighted by molar-refractivity contribution is 8.14. The van der Waals surface area contributed by atoms with E-state index in [1.165, 1.54) is 17.3 Å². The number of furan rings is 1. The van der Waals surface area contributed by atoms with Crippen molar-refractivity contribution in [1.29, 1.82) is 0 Å². The van der Waals surface area contributed by atoms with Crippen molar-refractivity contribution in [2.45, 2.75) is 12.4 Å². The predicted octanol–water partition coefficient (Wildman–Crippen LogP) is 4.86. The van der Waals surface area contributed by atoms with Gasteiger partial charge in [-0.1, -0.05) is 47.7 Å². The number of amidine groups is 1.